The van der Waals surface area contributed by atoms with Crippen LogP contribution in [0.3, 0.4) is 0 Å². The number of aliphatic imine (C=N–C) groups is 2. The number of anilines is 4. The highest BCUT2D eigenvalue weighted by atomic mass is 35.5. The molecule has 14 heteroatoms. The van der Waals surface area contributed by atoms with Crippen molar-refractivity contribution in [1.29, 1.82) is 0 Å². The van der Waals surface area contributed by atoms with Gasteiger partial charge in [0.2, 0.25) is 11.9 Å². The molecule has 338 valence electrons. The van der Waals surface area contributed by atoms with Crippen LogP contribution < -0.4 is 15.1 Å². The van der Waals surface area contributed by atoms with Gasteiger partial charge in [-0.2, -0.15) is 0 Å². The Bertz CT molecular complexity index is 3200. The number of amides is 2. The second kappa shape index (κ2) is 15.8. The first kappa shape index (κ1) is 40.7. The third kappa shape index (κ3) is 6.42. The summed E-state index contributed by atoms with van der Waals surface area (Å²) in [7, 11) is 3.64. The Kier molecular flexibility index (Phi) is 9.47. The molecule has 4 aliphatic heterocycles. The number of pyridine rings is 2. The zero-order chi connectivity index (χ0) is 45.8. The Morgan fingerprint density at radius 1 is 0.632 bits per heavy atom. The number of fused-ring (bicyclic) bond motifs is 10. The van der Waals surface area contributed by atoms with Crippen molar-refractivity contribution in [3.63, 3.8) is 0 Å². The lowest BCUT2D eigenvalue weighted by atomic mass is 9.94. The van der Waals surface area contributed by atoms with E-state index in [2.05, 4.69) is 91.5 Å². The Hall–Kier alpha value is -7.51. The quantitative estimate of drug-likeness (QED) is 0.153. The van der Waals surface area contributed by atoms with Crippen LogP contribution in [0.25, 0.3) is 22.5 Å². The maximum atomic E-state index is 14.5. The number of guanidine groups is 2. The summed E-state index contributed by atoms with van der Waals surface area (Å²) in [6.45, 7) is 1.10. The number of aromatic nitrogens is 4. The fourth-order valence-corrected chi connectivity index (χ4v) is 11.9. The van der Waals surface area contributed by atoms with E-state index < -0.39 is 0 Å². The van der Waals surface area contributed by atoms with Gasteiger partial charge in [0.05, 0.1) is 46.9 Å². The largest absolute Gasteiger partial charge is 0.341 e. The van der Waals surface area contributed by atoms with Gasteiger partial charge in [0, 0.05) is 74.7 Å². The molecule has 2 aliphatic carbocycles. The fourth-order valence-electron chi connectivity index (χ4n) is 11.6. The van der Waals surface area contributed by atoms with Gasteiger partial charge in [-0.3, -0.25) is 29.4 Å². The molecule has 68 heavy (non-hydrogen) atoms. The van der Waals surface area contributed by atoms with Crippen molar-refractivity contribution in [2.24, 2.45) is 9.98 Å². The SMILES string of the molecule is CN1C(=O)c2c(cn(Cc3ccc(-c4ccccn4)cc3)c2Nc2ccccc2)N2C1=N[C@@H]1C(c3ccc(-c4ccc(Cn5cc6c(c5Cl)C(=O)N(C)C5=N[C@@H]7CCC[C@@H]7N56)cc4)nc3)CC[C@@H]12. The minimum absolute atomic E-state index is 0.0306. The molecule has 5 atom stereocenters. The standard InChI is InChI=1S/C54H48ClN11O2/c1-61-51(67)46-44(65-42-13-8-12-41(42)59-53(61)65)30-63(49(46)55)28-32-14-20-35(21-15-32)40-24-22-36(27-57-40)38-23-25-43-48(38)60-54-62(2)52(68)47-45(66(43)54)31-64(50(47)58-37-9-4-3-5-10-37)29-33-16-18-34(19-17-33)39-11-6-7-26-56-39/h3-7,9-11,14-22,24,26-27,30-31,38,41-43,48,58H,8,12-13,23,25,28-29H2,1-2H3/t38?,41-,42+,43+,48-/m1/s1. The molecule has 2 saturated carbocycles. The zero-order valence-electron chi connectivity index (χ0n) is 37.7. The van der Waals surface area contributed by atoms with Crippen molar-refractivity contribution in [2.75, 3.05) is 29.2 Å². The van der Waals surface area contributed by atoms with E-state index >= 15 is 0 Å². The molecule has 0 radical (unpaired) electrons. The van der Waals surface area contributed by atoms with Crippen molar-refractivity contribution < 1.29 is 9.59 Å². The zero-order valence-corrected chi connectivity index (χ0v) is 38.5. The van der Waals surface area contributed by atoms with E-state index in [1.807, 2.05) is 78.7 Å². The molecule has 0 saturated heterocycles. The van der Waals surface area contributed by atoms with E-state index in [4.69, 9.17) is 26.6 Å². The van der Waals surface area contributed by atoms with Gasteiger partial charge >= 0.3 is 0 Å². The minimum Gasteiger partial charge on any atom is -0.341 e. The molecule has 7 aromatic rings. The Balaban J connectivity index is 0.741. The third-order valence-corrected chi connectivity index (χ3v) is 15.4. The molecule has 0 bridgehead atoms. The van der Waals surface area contributed by atoms with Gasteiger partial charge < -0.3 is 24.3 Å². The monoisotopic (exact) mass is 917 g/mol. The van der Waals surface area contributed by atoms with Gasteiger partial charge in [-0.15, -0.1) is 0 Å². The first-order valence-electron chi connectivity index (χ1n) is 23.6. The number of carbonyl (C=O) groups excluding carboxylic acids is 2. The fraction of sp³-hybridized carbons (Fsp3) is 0.259. The second-order valence-electron chi connectivity index (χ2n) is 18.9. The van der Waals surface area contributed by atoms with E-state index in [1.54, 1.807) is 16.8 Å². The first-order valence-corrected chi connectivity index (χ1v) is 23.9. The molecule has 13 nitrogen and oxygen atoms in total. The number of halogens is 1. The van der Waals surface area contributed by atoms with Crippen molar-refractivity contribution in [3.8, 4) is 22.5 Å². The lowest BCUT2D eigenvalue weighted by Crippen LogP contribution is -2.51. The number of rotatable bonds is 9. The van der Waals surface area contributed by atoms with E-state index in [0.29, 0.717) is 35.3 Å². The van der Waals surface area contributed by atoms with E-state index in [9.17, 15) is 9.59 Å². The van der Waals surface area contributed by atoms with E-state index in [0.717, 1.165) is 100 Å². The van der Waals surface area contributed by atoms with Crippen LogP contribution in [-0.2, 0) is 13.1 Å². The summed E-state index contributed by atoms with van der Waals surface area (Å²) in [6.07, 6.45) is 13.1. The molecule has 3 aromatic carbocycles. The molecule has 13 rings (SSSR count). The smallest absolute Gasteiger partial charge is 0.266 e. The summed E-state index contributed by atoms with van der Waals surface area (Å²) in [4.78, 5) is 55.7. The predicted molar refractivity (Wildman–Crippen MR) is 266 cm³/mol. The lowest BCUT2D eigenvalue weighted by Gasteiger charge is -2.35. The number of hydrogen-bond acceptors (Lipinski definition) is 9. The Morgan fingerprint density at radius 2 is 1.28 bits per heavy atom. The van der Waals surface area contributed by atoms with Crippen molar-refractivity contribution >= 4 is 58.2 Å². The highest BCUT2D eigenvalue weighted by Crippen LogP contribution is 2.49. The summed E-state index contributed by atoms with van der Waals surface area (Å²) in [5, 5.41) is 4.09. The Morgan fingerprint density at radius 3 is 1.99 bits per heavy atom. The summed E-state index contributed by atoms with van der Waals surface area (Å²) >= 11 is 6.97. The van der Waals surface area contributed by atoms with Crippen LogP contribution in [0.1, 0.15) is 75.4 Å². The van der Waals surface area contributed by atoms with E-state index in [1.165, 1.54) is 0 Å². The first-order chi connectivity index (χ1) is 33.3. The molecule has 4 aromatic heterocycles. The maximum absolute atomic E-state index is 14.5. The summed E-state index contributed by atoms with van der Waals surface area (Å²) in [6, 6.07) is 37.7. The van der Waals surface area contributed by atoms with Gasteiger partial charge in [-0.1, -0.05) is 90.5 Å². The Labute approximate surface area is 399 Å². The number of benzene rings is 3. The number of para-hydroxylation sites is 1. The van der Waals surface area contributed by atoms with Crippen LogP contribution in [0.15, 0.2) is 144 Å². The van der Waals surface area contributed by atoms with Gasteiger partial charge in [0.15, 0.2) is 0 Å². The number of nitrogens with zero attached hydrogens (tertiary/aromatic N) is 10. The third-order valence-electron chi connectivity index (χ3n) is 15.0. The second-order valence-corrected chi connectivity index (χ2v) is 19.2. The number of nitrogens with one attached hydrogen (secondary N) is 1. The van der Waals surface area contributed by atoms with Crippen LogP contribution in [-0.4, -0.2) is 90.9 Å². The van der Waals surface area contributed by atoms with Crippen molar-refractivity contribution in [2.45, 2.75) is 75.3 Å². The molecule has 1 unspecified atom stereocenters. The topological polar surface area (TPSA) is 119 Å². The highest BCUT2D eigenvalue weighted by Gasteiger charge is 2.52. The molecule has 0 spiro atoms. The summed E-state index contributed by atoms with van der Waals surface area (Å²) in [5.74, 6) is 2.17. The van der Waals surface area contributed by atoms with Crippen LogP contribution >= 0.6 is 11.6 Å². The highest BCUT2D eigenvalue weighted by molar-refractivity contribution is 6.36. The van der Waals surface area contributed by atoms with Gasteiger partial charge in [0.25, 0.3) is 11.8 Å². The number of hydrogen-bond donors (Lipinski definition) is 1. The average Bonchev–Trinajstić information content (AvgIpc) is 4.24. The van der Waals surface area contributed by atoms with Gasteiger partial charge in [-0.05, 0) is 79.1 Å². The molecule has 1 N–H and O–H groups in total. The molecular weight excluding hydrogens is 870 g/mol. The predicted octanol–water partition coefficient (Wildman–Crippen LogP) is 9.67. The number of carbonyl (C=O) groups is 2. The maximum Gasteiger partial charge on any atom is 0.266 e. The van der Waals surface area contributed by atoms with Gasteiger partial charge in [-0.25, -0.2) is 9.98 Å². The minimum atomic E-state index is -0.110. The van der Waals surface area contributed by atoms with Crippen LogP contribution in [0.2, 0.25) is 5.15 Å². The molecule has 2 amide bonds. The average molecular weight is 919 g/mol. The molecule has 8 heterocycles. The molecular formula is C54H48ClN11O2. The van der Waals surface area contributed by atoms with Crippen LogP contribution in [0, 0.1) is 0 Å². The normalized spacial score (nSPS) is 22.1. The van der Waals surface area contributed by atoms with E-state index in [-0.39, 0.29) is 41.9 Å². The van der Waals surface area contributed by atoms with Crippen LogP contribution in [0.4, 0.5) is 22.9 Å². The summed E-state index contributed by atoms with van der Waals surface area (Å²) < 4.78 is 4.15. The van der Waals surface area contributed by atoms with Crippen LogP contribution in [0.5, 0.6) is 0 Å². The van der Waals surface area contributed by atoms with Crippen molar-refractivity contribution in [1.82, 2.24) is 28.9 Å². The van der Waals surface area contributed by atoms with Crippen molar-refractivity contribution in [3.05, 3.63) is 167 Å². The molecule has 2 fully saturated rings. The lowest BCUT2D eigenvalue weighted by molar-refractivity contribution is 0.0857. The summed E-state index contributed by atoms with van der Waals surface area (Å²) in [5.41, 5.74) is 11.1. The molecule has 6 aliphatic rings. The van der Waals surface area contributed by atoms with Gasteiger partial charge in [0.1, 0.15) is 22.1 Å².